The minimum Gasteiger partial charge on any atom is -0.491 e. The molecule has 6 unspecified atom stereocenters. The van der Waals surface area contributed by atoms with Crippen molar-refractivity contribution in [3.05, 3.63) is 55.4 Å². The molecule has 3 aliphatic rings. The molecule has 3 saturated heterocycles. The molecule has 6 atom stereocenters. The number of aliphatic hydroxyl groups is 1. The van der Waals surface area contributed by atoms with E-state index in [1.807, 2.05) is 24.3 Å². The zero-order valence-electron chi connectivity index (χ0n) is 24.5. The number of halogens is 4. The van der Waals surface area contributed by atoms with E-state index in [4.69, 9.17) is 46.9 Å². The number of aliphatic hydroxyl groups excluding tert-OH is 1. The first-order valence-electron chi connectivity index (χ1n) is 14.2. The molecule has 3 fully saturated rings. The highest BCUT2D eigenvalue weighted by Crippen LogP contribution is 2.28. The lowest BCUT2D eigenvalue weighted by Gasteiger charge is -2.36. The summed E-state index contributed by atoms with van der Waals surface area (Å²) < 4.78 is 28.8. The number of morpholine rings is 2. The molecule has 0 aromatic heterocycles. The molecule has 42 heavy (non-hydrogen) atoms. The summed E-state index contributed by atoms with van der Waals surface area (Å²) in [5.74, 6) is 1.44. The van der Waals surface area contributed by atoms with Gasteiger partial charge in [-0.1, -0.05) is 23.2 Å². The molecule has 2 N–H and O–H groups in total. The van der Waals surface area contributed by atoms with Crippen molar-refractivity contribution in [1.29, 1.82) is 0 Å². The van der Waals surface area contributed by atoms with Crippen molar-refractivity contribution in [3.8, 4) is 11.5 Å². The van der Waals surface area contributed by atoms with Crippen molar-refractivity contribution < 1.29 is 28.8 Å². The third-order valence-electron chi connectivity index (χ3n) is 6.36. The average Bonchev–Trinajstić information content (AvgIpc) is 3.75. The van der Waals surface area contributed by atoms with E-state index < -0.39 is 6.10 Å². The molecule has 0 amide bonds. The number of nitrogens with zero attached hydrogens (tertiary/aromatic N) is 1. The third-order valence-corrected chi connectivity index (χ3v) is 8.82. The number of epoxide rings is 1. The Kier molecular flexibility index (Phi) is 15.6. The third kappa shape index (κ3) is 14.0. The quantitative estimate of drug-likeness (QED) is 0.308. The van der Waals surface area contributed by atoms with Crippen molar-refractivity contribution in [2.75, 3.05) is 52.5 Å². The summed E-state index contributed by atoms with van der Waals surface area (Å²) in [5.41, 5.74) is 0. The van der Waals surface area contributed by atoms with Gasteiger partial charge in [0.25, 0.3) is 0 Å². The van der Waals surface area contributed by atoms with E-state index in [-0.39, 0.29) is 24.9 Å². The molecule has 236 valence electrons. The monoisotopic (exact) mass is 754 g/mol. The average molecular weight is 757 g/mol. The van der Waals surface area contributed by atoms with Crippen LogP contribution in [0.25, 0.3) is 0 Å². The summed E-state index contributed by atoms with van der Waals surface area (Å²) in [7, 11) is 0. The summed E-state index contributed by atoms with van der Waals surface area (Å²) >= 11 is 18.5. The normalized spacial score (nSPS) is 26.2. The lowest BCUT2D eigenvalue weighted by molar-refractivity contribution is -0.0786. The van der Waals surface area contributed by atoms with Gasteiger partial charge in [-0.05, 0) is 96.0 Å². The summed E-state index contributed by atoms with van der Waals surface area (Å²) in [6.45, 7) is 14.2. The molecule has 2 aromatic carbocycles. The first-order chi connectivity index (χ1) is 20.0. The van der Waals surface area contributed by atoms with Gasteiger partial charge in [-0.25, -0.2) is 0 Å². The first-order valence-corrected chi connectivity index (χ1v) is 16.5. The second-order valence-corrected chi connectivity index (χ2v) is 13.3. The molecule has 0 aliphatic carbocycles. The highest BCUT2D eigenvalue weighted by molar-refractivity contribution is 9.10. The van der Waals surface area contributed by atoms with Gasteiger partial charge in [-0.15, -0.1) is 0 Å². The number of β-amino-alcohol motifs (C(OH)–C–C–N with tert-alkyl or cyclic N) is 1. The second-order valence-electron chi connectivity index (χ2n) is 10.8. The van der Waals surface area contributed by atoms with Crippen molar-refractivity contribution in [2.24, 2.45) is 0 Å². The zero-order valence-corrected chi connectivity index (χ0v) is 29.2. The van der Waals surface area contributed by atoms with Crippen molar-refractivity contribution in [2.45, 2.75) is 64.3 Å². The van der Waals surface area contributed by atoms with E-state index in [9.17, 15) is 5.11 Å². The molecular formula is C30H42Br2Cl2N2O6. The predicted molar refractivity (Wildman–Crippen MR) is 174 cm³/mol. The molecule has 5 rings (SSSR count). The fourth-order valence-electron chi connectivity index (χ4n) is 4.45. The molecule has 2 aromatic rings. The topological polar surface area (TPSA) is 85.0 Å². The van der Waals surface area contributed by atoms with Crippen LogP contribution in [0.4, 0.5) is 0 Å². The molecular weight excluding hydrogens is 715 g/mol. The lowest BCUT2D eigenvalue weighted by atomic mass is 10.2. The minimum atomic E-state index is -0.537. The minimum absolute atomic E-state index is 0.201. The maximum Gasteiger partial charge on any atom is 0.121 e. The van der Waals surface area contributed by atoms with Gasteiger partial charge in [0.1, 0.15) is 36.9 Å². The van der Waals surface area contributed by atoms with Crippen LogP contribution in [0, 0.1) is 0 Å². The summed E-state index contributed by atoms with van der Waals surface area (Å²) in [6, 6.07) is 10.9. The summed E-state index contributed by atoms with van der Waals surface area (Å²) in [4.78, 5) is 2.21. The Labute approximate surface area is 276 Å². The van der Waals surface area contributed by atoms with Gasteiger partial charge in [-0.2, -0.15) is 0 Å². The zero-order chi connectivity index (χ0) is 30.6. The van der Waals surface area contributed by atoms with Crippen molar-refractivity contribution in [3.63, 3.8) is 0 Å². The van der Waals surface area contributed by atoms with Crippen LogP contribution in [-0.2, 0) is 14.2 Å². The number of nitrogens with one attached hydrogen (secondary N) is 1. The van der Waals surface area contributed by atoms with Gasteiger partial charge in [0, 0.05) is 41.7 Å². The van der Waals surface area contributed by atoms with Gasteiger partial charge in [-0.3, -0.25) is 4.90 Å². The Morgan fingerprint density at radius 3 is 1.83 bits per heavy atom. The Morgan fingerprint density at radius 1 is 0.881 bits per heavy atom. The van der Waals surface area contributed by atoms with Gasteiger partial charge in [0.15, 0.2) is 0 Å². The van der Waals surface area contributed by atoms with Crippen LogP contribution in [0.1, 0.15) is 27.7 Å². The smallest absolute Gasteiger partial charge is 0.121 e. The molecule has 12 heteroatoms. The van der Waals surface area contributed by atoms with Crippen LogP contribution in [0.3, 0.4) is 0 Å². The van der Waals surface area contributed by atoms with E-state index in [1.165, 1.54) is 0 Å². The highest BCUT2D eigenvalue weighted by Gasteiger charge is 2.24. The van der Waals surface area contributed by atoms with E-state index in [0.29, 0.717) is 41.2 Å². The maximum absolute atomic E-state index is 10.1. The van der Waals surface area contributed by atoms with Crippen LogP contribution in [0.15, 0.2) is 45.3 Å². The number of hydrogen-bond donors (Lipinski definition) is 2. The number of benzene rings is 2. The van der Waals surface area contributed by atoms with E-state index in [1.54, 1.807) is 12.1 Å². The Hall–Kier alpha value is -0.660. The van der Waals surface area contributed by atoms with Crippen LogP contribution >= 0.6 is 55.1 Å². The SMILES string of the molecule is CC1CN(CC(O)COc2ccc(Br)c(Cl)c2)CC(C)O1.CC1CNCC(C)O1.Clc1cc(OCC2CO2)ccc1Br. The summed E-state index contributed by atoms with van der Waals surface area (Å²) in [5, 5.41) is 14.6. The van der Waals surface area contributed by atoms with E-state index >= 15 is 0 Å². The van der Waals surface area contributed by atoms with E-state index in [0.717, 1.165) is 47.5 Å². The fourth-order valence-corrected chi connectivity index (χ4v) is 5.28. The predicted octanol–water partition coefficient (Wildman–Crippen LogP) is 6.21. The molecule has 3 aliphatic heterocycles. The fraction of sp³-hybridized carbons (Fsp3) is 0.600. The number of ether oxygens (including phenoxy) is 5. The van der Waals surface area contributed by atoms with Crippen molar-refractivity contribution in [1.82, 2.24) is 10.2 Å². The van der Waals surface area contributed by atoms with Gasteiger partial charge < -0.3 is 34.1 Å². The Balaban J connectivity index is 0.000000194. The standard InChI is InChI=1S/C15H21BrClNO3.C9H8BrClO2.C6H13NO/c1-10-6-18(7-11(2)21-10)8-12(19)9-20-13-3-4-14(16)15(17)5-13;10-8-2-1-6(3-9(8)11)12-4-7-5-13-7;1-5-3-7-4-6(2)8-5/h3-5,10-12,19H,6-9H2,1-2H3;1-3,7H,4-5H2;5-7H,3-4H2,1-2H3. The molecule has 8 nitrogen and oxygen atoms in total. The van der Waals surface area contributed by atoms with Gasteiger partial charge in [0.05, 0.1) is 41.1 Å². The van der Waals surface area contributed by atoms with Crippen LogP contribution < -0.4 is 14.8 Å². The van der Waals surface area contributed by atoms with E-state index in [2.05, 4.69) is 69.8 Å². The number of hydrogen-bond acceptors (Lipinski definition) is 8. The lowest BCUT2D eigenvalue weighted by Crippen LogP contribution is -2.48. The Bertz CT molecular complexity index is 1080. The van der Waals surface area contributed by atoms with Gasteiger partial charge in [0.2, 0.25) is 0 Å². The molecule has 0 bridgehead atoms. The molecule has 0 radical (unpaired) electrons. The first kappa shape index (κ1) is 35.8. The maximum atomic E-state index is 10.1. The number of rotatable bonds is 8. The molecule has 0 spiro atoms. The summed E-state index contributed by atoms with van der Waals surface area (Å²) in [6.07, 6.45) is 0.948. The van der Waals surface area contributed by atoms with Crippen LogP contribution in [0.2, 0.25) is 10.0 Å². The van der Waals surface area contributed by atoms with Crippen LogP contribution in [0.5, 0.6) is 11.5 Å². The Morgan fingerprint density at radius 2 is 1.38 bits per heavy atom. The molecule has 0 saturated carbocycles. The highest BCUT2D eigenvalue weighted by atomic mass is 79.9. The van der Waals surface area contributed by atoms with Gasteiger partial charge >= 0.3 is 0 Å². The van der Waals surface area contributed by atoms with Crippen molar-refractivity contribution >= 4 is 55.1 Å². The van der Waals surface area contributed by atoms with Crippen LogP contribution in [-0.4, -0.2) is 99.2 Å². The largest absolute Gasteiger partial charge is 0.491 e. The molecule has 3 heterocycles. The second kappa shape index (κ2) is 18.3.